The summed E-state index contributed by atoms with van der Waals surface area (Å²) in [5, 5.41) is 0. The zero-order chi connectivity index (χ0) is 15.6. The van der Waals surface area contributed by atoms with E-state index in [-0.39, 0.29) is 0 Å². The van der Waals surface area contributed by atoms with Gasteiger partial charge in [-0.15, -0.1) is 0 Å². The smallest absolute Gasteiger partial charge is 0.00556 e. The predicted molar refractivity (Wildman–Crippen MR) is 97.7 cm³/mol. The topological polar surface area (TPSA) is 3.24 Å². The molecule has 1 nitrogen and oxygen atoms in total. The highest BCUT2D eigenvalue weighted by atomic mass is 15.0. The van der Waals surface area contributed by atoms with E-state index >= 15 is 0 Å². The van der Waals surface area contributed by atoms with Gasteiger partial charge >= 0.3 is 0 Å². The van der Waals surface area contributed by atoms with Crippen molar-refractivity contribution in [1.29, 1.82) is 0 Å². The summed E-state index contributed by atoms with van der Waals surface area (Å²) < 4.78 is 0. The lowest BCUT2D eigenvalue weighted by atomic mass is 10.0. The van der Waals surface area contributed by atoms with Gasteiger partial charge in [-0.05, 0) is 25.1 Å². The third kappa shape index (κ3) is 19.3. The molecule has 0 aromatic rings. The van der Waals surface area contributed by atoms with Crippen LogP contribution in [-0.4, -0.2) is 19.0 Å². The van der Waals surface area contributed by atoms with Gasteiger partial charge in [-0.2, -0.15) is 0 Å². The molecule has 0 saturated carbocycles. The van der Waals surface area contributed by atoms with Crippen molar-refractivity contribution < 1.29 is 0 Å². The number of unbranched alkanes of at least 4 members (excludes halogenated alkanes) is 12. The summed E-state index contributed by atoms with van der Waals surface area (Å²) in [5.74, 6) is 0. The summed E-state index contributed by atoms with van der Waals surface area (Å²) in [6.07, 6.45) is 27.0. The molecule has 124 valence electrons. The minimum Gasteiger partial charge on any atom is -0.383 e. The maximum absolute atomic E-state index is 2.29. The first-order valence-corrected chi connectivity index (χ1v) is 9.27. The Morgan fingerprint density at radius 2 is 1.10 bits per heavy atom. The van der Waals surface area contributed by atoms with Crippen molar-refractivity contribution in [3.63, 3.8) is 0 Å². The fourth-order valence-corrected chi connectivity index (χ4v) is 2.50. The lowest BCUT2D eigenvalue weighted by Gasteiger charge is -2.02. The summed E-state index contributed by atoms with van der Waals surface area (Å²) >= 11 is 0. The van der Waals surface area contributed by atoms with Crippen molar-refractivity contribution in [2.75, 3.05) is 14.1 Å². The zero-order valence-corrected chi connectivity index (χ0v) is 14.9. The van der Waals surface area contributed by atoms with Crippen LogP contribution in [0.2, 0.25) is 0 Å². The van der Waals surface area contributed by atoms with Crippen LogP contribution >= 0.6 is 0 Å². The second kappa shape index (κ2) is 17.3. The molecule has 0 aromatic carbocycles. The second-order valence-electron chi connectivity index (χ2n) is 6.41. The maximum atomic E-state index is 2.29. The Labute approximate surface area is 134 Å². The molecule has 0 unspecified atom stereocenters. The molecule has 0 atom stereocenters. The van der Waals surface area contributed by atoms with E-state index < -0.39 is 0 Å². The molecule has 1 heteroatoms. The first-order chi connectivity index (χ1) is 10.3. The molecule has 0 saturated heterocycles. The van der Waals surface area contributed by atoms with Crippen LogP contribution in [0.15, 0.2) is 24.4 Å². The quantitative estimate of drug-likeness (QED) is 0.239. The molecule has 0 aromatic heterocycles. The van der Waals surface area contributed by atoms with Crippen LogP contribution in [0.4, 0.5) is 0 Å². The minimum absolute atomic E-state index is 1.23. The van der Waals surface area contributed by atoms with Gasteiger partial charge in [-0.1, -0.05) is 89.7 Å². The third-order valence-corrected chi connectivity index (χ3v) is 3.86. The van der Waals surface area contributed by atoms with E-state index in [9.17, 15) is 0 Å². The van der Waals surface area contributed by atoms with E-state index in [4.69, 9.17) is 0 Å². The van der Waals surface area contributed by atoms with Crippen molar-refractivity contribution in [3.8, 4) is 0 Å². The Balaban J connectivity index is 3.09. The molecule has 0 aliphatic rings. The summed E-state index contributed by atoms with van der Waals surface area (Å²) in [6.45, 7) is 2.29. The molecule has 0 amide bonds. The Morgan fingerprint density at radius 1 is 0.619 bits per heavy atom. The first-order valence-electron chi connectivity index (χ1n) is 9.27. The molecular formula is C20H39N. The lowest BCUT2D eigenvalue weighted by molar-refractivity contribution is 0.545. The van der Waals surface area contributed by atoms with E-state index in [0.717, 1.165) is 0 Å². The lowest BCUT2D eigenvalue weighted by Crippen LogP contribution is -1.99. The Morgan fingerprint density at radius 3 is 1.57 bits per heavy atom. The van der Waals surface area contributed by atoms with Gasteiger partial charge in [-0.25, -0.2) is 0 Å². The van der Waals surface area contributed by atoms with Gasteiger partial charge in [0.25, 0.3) is 0 Å². The molecule has 0 bridgehead atoms. The summed E-state index contributed by atoms with van der Waals surface area (Å²) in [4.78, 5) is 2.06. The van der Waals surface area contributed by atoms with Crippen molar-refractivity contribution >= 4 is 0 Å². The third-order valence-electron chi connectivity index (χ3n) is 3.86. The molecule has 0 N–H and O–H groups in total. The van der Waals surface area contributed by atoms with E-state index in [0.29, 0.717) is 0 Å². The molecule has 0 aliphatic carbocycles. The Kier molecular flexibility index (Phi) is 16.7. The Hall–Kier alpha value is -0.720. The fourth-order valence-electron chi connectivity index (χ4n) is 2.50. The molecule has 0 radical (unpaired) electrons. The van der Waals surface area contributed by atoms with Crippen LogP contribution in [0.25, 0.3) is 0 Å². The zero-order valence-electron chi connectivity index (χ0n) is 14.9. The molecule has 0 aliphatic heterocycles. The van der Waals surface area contributed by atoms with E-state index in [1.54, 1.807) is 0 Å². The average Bonchev–Trinajstić information content (AvgIpc) is 2.46. The average molecular weight is 294 g/mol. The molecule has 0 rings (SSSR count). The van der Waals surface area contributed by atoms with Gasteiger partial charge in [0.2, 0.25) is 0 Å². The fraction of sp³-hybridized carbons (Fsp3) is 0.800. The number of hydrogen-bond acceptors (Lipinski definition) is 1. The van der Waals surface area contributed by atoms with E-state index in [1.165, 1.54) is 83.5 Å². The van der Waals surface area contributed by atoms with Crippen LogP contribution < -0.4 is 0 Å². The summed E-state index contributed by atoms with van der Waals surface area (Å²) in [6, 6.07) is 0. The van der Waals surface area contributed by atoms with Gasteiger partial charge < -0.3 is 4.90 Å². The largest absolute Gasteiger partial charge is 0.383 e. The molecule has 0 fully saturated rings. The highest BCUT2D eigenvalue weighted by Crippen LogP contribution is 2.12. The van der Waals surface area contributed by atoms with Crippen LogP contribution in [0.5, 0.6) is 0 Å². The summed E-state index contributed by atoms with van der Waals surface area (Å²) in [5.41, 5.74) is 0. The highest BCUT2D eigenvalue weighted by molar-refractivity contribution is 5.01. The number of rotatable bonds is 15. The molecular weight excluding hydrogens is 254 g/mol. The van der Waals surface area contributed by atoms with Gasteiger partial charge in [0, 0.05) is 14.1 Å². The van der Waals surface area contributed by atoms with Crippen LogP contribution in [-0.2, 0) is 0 Å². The van der Waals surface area contributed by atoms with Crippen molar-refractivity contribution in [1.82, 2.24) is 4.90 Å². The van der Waals surface area contributed by atoms with Gasteiger partial charge in [0.15, 0.2) is 0 Å². The maximum Gasteiger partial charge on any atom is 0.00556 e. The van der Waals surface area contributed by atoms with Crippen molar-refractivity contribution in [3.05, 3.63) is 24.4 Å². The van der Waals surface area contributed by atoms with Crippen LogP contribution in [0.1, 0.15) is 90.4 Å². The number of nitrogens with zero attached hydrogens (tertiary/aromatic N) is 1. The van der Waals surface area contributed by atoms with Crippen LogP contribution in [0, 0.1) is 0 Å². The van der Waals surface area contributed by atoms with Crippen LogP contribution in [0.3, 0.4) is 0 Å². The molecule has 0 spiro atoms. The van der Waals surface area contributed by atoms with Gasteiger partial charge in [0.1, 0.15) is 0 Å². The number of allylic oxidation sites excluding steroid dienone is 3. The number of hydrogen-bond donors (Lipinski definition) is 0. The second-order valence-corrected chi connectivity index (χ2v) is 6.41. The summed E-state index contributed by atoms with van der Waals surface area (Å²) in [7, 11) is 4.10. The normalized spacial score (nSPS) is 11.8. The predicted octanol–water partition coefficient (Wildman–Crippen LogP) is 6.71. The van der Waals surface area contributed by atoms with Crippen molar-refractivity contribution in [2.24, 2.45) is 0 Å². The first kappa shape index (κ1) is 20.3. The monoisotopic (exact) mass is 293 g/mol. The van der Waals surface area contributed by atoms with E-state index in [1.807, 2.05) is 0 Å². The van der Waals surface area contributed by atoms with E-state index in [2.05, 4.69) is 50.3 Å². The molecule has 21 heavy (non-hydrogen) atoms. The van der Waals surface area contributed by atoms with Gasteiger partial charge in [0.05, 0.1) is 0 Å². The standard InChI is InChI=1S/C20H39N/c1-4-5-6-7-8-9-10-11-12-13-14-15-16-17-18-19-20-21(2)3/h17-20H,4-16H2,1-3H3. The highest BCUT2D eigenvalue weighted by Gasteiger charge is 1.92. The minimum atomic E-state index is 1.23. The van der Waals surface area contributed by atoms with Crippen molar-refractivity contribution in [2.45, 2.75) is 90.4 Å². The van der Waals surface area contributed by atoms with Gasteiger partial charge in [-0.3, -0.25) is 0 Å². The SMILES string of the molecule is CCCCCCCCCCCCCCC=CC=CN(C)C. The molecule has 0 heterocycles. The Bertz CT molecular complexity index is 240.